The Bertz CT molecular complexity index is 1020. The van der Waals surface area contributed by atoms with Crippen molar-refractivity contribution < 1.29 is 9.18 Å². The van der Waals surface area contributed by atoms with Gasteiger partial charge >= 0.3 is 0 Å². The molecule has 1 amide bonds. The molecule has 3 aliphatic rings. The second-order valence-electron chi connectivity index (χ2n) is 10.8. The van der Waals surface area contributed by atoms with Gasteiger partial charge in [-0.25, -0.2) is 4.39 Å². The molecule has 1 saturated carbocycles. The van der Waals surface area contributed by atoms with Crippen LogP contribution >= 0.6 is 0 Å². The lowest BCUT2D eigenvalue weighted by Gasteiger charge is -2.56. The second-order valence-corrected chi connectivity index (χ2v) is 10.8. The van der Waals surface area contributed by atoms with E-state index in [0.717, 1.165) is 25.9 Å². The summed E-state index contributed by atoms with van der Waals surface area (Å²) in [5, 5.41) is 0. The van der Waals surface area contributed by atoms with Gasteiger partial charge in [0.05, 0.1) is 5.69 Å². The molecule has 5 rings (SSSR count). The summed E-state index contributed by atoms with van der Waals surface area (Å²) < 4.78 is 14.6. The summed E-state index contributed by atoms with van der Waals surface area (Å²) in [7, 11) is 0. The normalized spacial score (nSPS) is 23.3. The summed E-state index contributed by atoms with van der Waals surface area (Å²) in [5.41, 5.74) is 9.56. The predicted octanol–water partition coefficient (Wildman–Crippen LogP) is 5.63. The number of hydrogen-bond acceptors (Lipinski definition) is 3. The van der Waals surface area contributed by atoms with E-state index in [4.69, 9.17) is 5.73 Å². The van der Waals surface area contributed by atoms with Crippen LogP contribution in [0, 0.1) is 11.2 Å². The van der Waals surface area contributed by atoms with Crippen molar-refractivity contribution in [3.8, 4) is 0 Å². The van der Waals surface area contributed by atoms with E-state index in [-0.39, 0.29) is 11.4 Å². The number of anilines is 1. The second kappa shape index (κ2) is 8.75. The standard InChI is InChI=1S/C28H36FN3O/c1-19(2)22-6-3-4-7-23(22)25-8-5-13-32(25)21-17-28(18-21)11-14-31(15-12-28)26-10-9-20(27(30)33)16-24(26)29/h3-4,6-7,9-10,16,19,21,25H,5,8,11-15,17-18H2,1-2H3,(H2,30,33)/t25-/m0/s1. The minimum absolute atomic E-state index is 0.228. The maximum absolute atomic E-state index is 14.6. The Kier molecular flexibility index (Phi) is 5.94. The van der Waals surface area contributed by atoms with Crippen molar-refractivity contribution in [3.05, 3.63) is 65.0 Å². The van der Waals surface area contributed by atoms with Crippen LogP contribution in [0.15, 0.2) is 42.5 Å². The maximum Gasteiger partial charge on any atom is 0.248 e. The number of nitrogens with two attached hydrogens (primary N) is 1. The largest absolute Gasteiger partial charge is 0.369 e. The quantitative estimate of drug-likeness (QED) is 0.643. The number of hydrogen-bond donors (Lipinski definition) is 1. The number of rotatable bonds is 5. The van der Waals surface area contributed by atoms with Crippen molar-refractivity contribution in [1.82, 2.24) is 4.90 Å². The first kappa shape index (κ1) is 22.4. The summed E-state index contributed by atoms with van der Waals surface area (Å²) in [6.07, 6.45) is 7.31. The number of halogens is 1. The Hall–Kier alpha value is -2.40. The molecule has 1 atom stereocenters. The van der Waals surface area contributed by atoms with Gasteiger partial charge in [-0.3, -0.25) is 9.69 Å². The molecule has 3 fully saturated rings. The van der Waals surface area contributed by atoms with Gasteiger partial charge in [0.25, 0.3) is 0 Å². The topological polar surface area (TPSA) is 49.6 Å². The van der Waals surface area contributed by atoms with Crippen LogP contribution in [-0.2, 0) is 0 Å². The SMILES string of the molecule is CC(C)c1ccccc1[C@@H]1CCCN1C1CC2(CCN(c3ccc(C(N)=O)cc3F)CC2)C1. The maximum atomic E-state index is 14.6. The average Bonchev–Trinajstić information content (AvgIpc) is 3.27. The van der Waals surface area contributed by atoms with Gasteiger partial charge in [0.15, 0.2) is 0 Å². The average molecular weight is 450 g/mol. The molecule has 2 aromatic carbocycles. The summed E-state index contributed by atoms with van der Waals surface area (Å²) in [6, 6.07) is 14.9. The summed E-state index contributed by atoms with van der Waals surface area (Å²) in [4.78, 5) is 16.2. The molecule has 176 valence electrons. The smallest absolute Gasteiger partial charge is 0.248 e. The van der Waals surface area contributed by atoms with Crippen LogP contribution in [0.3, 0.4) is 0 Å². The molecule has 0 radical (unpaired) electrons. The van der Waals surface area contributed by atoms with Crippen molar-refractivity contribution in [3.63, 3.8) is 0 Å². The van der Waals surface area contributed by atoms with Gasteiger partial charge in [-0.2, -0.15) is 0 Å². The van der Waals surface area contributed by atoms with E-state index >= 15 is 0 Å². The van der Waals surface area contributed by atoms with Crippen molar-refractivity contribution in [1.29, 1.82) is 0 Å². The molecular formula is C28H36FN3O. The fourth-order valence-corrected chi connectivity index (χ4v) is 6.62. The first-order chi connectivity index (χ1) is 15.9. The molecule has 2 N–H and O–H groups in total. The highest BCUT2D eigenvalue weighted by Crippen LogP contribution is 2.54. The molecule has 2 aromatic rings. The Morgan fingerprint density at radius 1 is 1.09 bits per heavy atom. The number of carbonyl (C=O) groups excluding carboxylic acids is 1. The van der Waals surface area contributed by atoms with E-state index in [9.17, 15) is 9.18 Å². The van der Waals surface area contributed by atoms with Crippen molar-refractivity contribution in [2.75, 3.05) is 24.5 Å². The van der Waals surface area contributed by atoms with Gasteiger partial charge in [-0.15, -0.1) is 0 Å². The summed E-state index contributed by atoms with van der Waals surface area (Å²) in [5.74, 6) is -0.384. The zero-order chi connectivity index (χ0) is 23.2. The zero-order valence-corrected chi connectivity index (χ0v) is 19.9. The Morgan fingerprint density at radius 3 is 2.48 bits per heavy atom. The molecule has 1 spiro atoms. The Balaban J connectivity index is 1.22. The van der Waals surface area contributed by atoms with Crippen LogP contribution in [0.2, 0.25) is 0 Å². The van der Waals surface area contributed by atoms with Gasteiger partial charge in [-0.1, -0.05) is 38.1 Å². The molecule has 2 aliphatic heterocycles. The molecule has 0 bridgehead atoms. The predicted molar refractivity (Wildman–Crippen MR) is 131 cm³/mol. The Labute approximate surface area is 196 Å². The minimum Gasteiger partial charge on any atom is -0.369 e. The van der Waals surface area contributed by atoms with Crippen molar-refractivity contribution in [2.45, 2.75) is 70.4 Å². The van der Waals surface area contributed by atoms with Crippen molar-refractivity contribution >= 4 is 11.6 Å². The van der Waals surface area contributed by atoms with E-state index in [2.05, 4.69) is 47.9 Å². The number of likely N-dealkylation sites (tertiary alicyclic amines) is 1. The van der Waals surface area contributed by atoms with Gasteiger partial charge in [0.1, 0.15) is 5.82 Å². The van der Waals surface area contributed by atoms with Gasteiger partial charge in [-0.05, 0) is 85.7 Å². The lowest BCUT2D eigenvalue weighted by Crippen LogP contribution is -2.55. The molecule has 2 saturated heterocycles. The van der Waals surface area contributed by atoms with E-state index in [1.54, 1.807) is 12.1 Å². The van der Waals surface area contributed by atoms with Gasteiger partial charge < -0.3 is 10.6 Å². The van der Waals surface area contributed by atoms with E-state index < -0.39 is 5.91 Å². The molecule has 2 heterocycles. The van der Waals surface area contributed by atoms with Gasteiger partial charge in [0, 0.05) is 30.7 Å². The number of nitrogens with zero attached hydrogens (tertiary/aromatic N) is 2. The van der Waals surface area contributed by atoms with E-state index in [1.807, 2.05) is 0 Å². The van der Waals surface area contributed by atoms with Crippen LogP contribution in [0.1, 0.15) is 85.8 Å². The number of piperidine rings is 1. The highest BCUT2D eigenvalue weighted by Gasteiger charge is 2.50. The van der Waals surface area contributed by atoms with E-state index in [0.29, 0.717) is 29.1 Å². The first-order valence-electron chi connectivity index (χ1n) is 12.6. The number of carbonyl (C=O) groups is 1. The van der Waals surface area contributed by atoms with Crippen molar-refractivity contribution in [2.24, 2.45) is 11.1 Å². The van der Waals surface area contributed by atoms with E-state index in [1.165, 1.54) is 49.4 Å². The molecular weight excluding hydrogens is 413 g/mol. The highest BCUT2D eigenvalue weighted by molar-refractivity contribution is 5.93. The van der Waals surface area contributed by atoms with Crippen LogP contribution in [-0.4, -0.2) is 36.5 Å². The first-order valence-corrected chi connectivity index (χ1v) is 12.6. The third kappa shape index (κ3) is 4.16. The number of amides is 1. The molecule has 33 heavy (non-hydrogen) atoms. The third-order valence-corrected chi connectivity index (χ3v) is 8.47. The van der Waals surface area contributed by atoms with Crippen LogP contribution in [0.25, 0.3) is 0 Å². The number of primary amides is 1. The fourth-order valence-electron chi connectivity index (χ4n) is 6.62. The fraction of sp³-hybridized carbons (Fsp3) is 0.536. The number of benzene rings is 2. The molecule has 1 aliphatic carbocycles. The molecule has 4 nitrogen and oxygen atoms in total. The lowest BCUT2D eigenvalue weighted by molar-refractivity contribution is -0.0228. The lowest BCUT2D eigenvalue weighted by atomic mass is 9.59. The van der Waals surface area contributed by atoms with Gasteiger partial charge in [0.2, 0.25) is 5.91 Å². The zero-order valence-electron chi connectivity index (χ0n) is 19.9. The highest BCUT2D eigenvalue weighted by atomic mass is 19.1. The van der Waals surface area contributed by atoms with Crippen LogP contribution in [0.5, 0.6) is 0 Å². The Morgan fingerprint density at radius 2 is 1.82 bits per heavy atom. The summed E-state index contributed by atoms with van der Waals surface area (Å²) in [6.45, 7) is 7.56. The molecule has 0 unspecified atom stereocenters. The minimum atomic E-state index is -0.588. The third-order valence-electron chi connectivity index (χ3n) is 8.47. The van der Waals surface area contributed by atoms with Crippen LogP contribution < -0.4 is 10.6 Å². The molecule has 0 aromatic heterocycles. The summed E-state index contributed by atoms with van der Waals surface area (Å²) >= 11 is 0. The van der Waals surface area contributed by atoms with Crippen LogP contribution in [0.4, 0.5) is 10.1 Å². The molecule has 5 heteroatoms. The monoisotopic (exact) mass is 449 g/mol.